The lowest BCUT2D eigenvalue weighted by atomic mass is 10.1. The summed E-state index contributed by atoms with van der Waals surface area (Å²) in [4.78, 5) is 11.8. The second kappa shape index (κ2) is 6.57. The van der Waals surface area contributed by atoms with E-state index in [-0.39, 0.29) is 18.2 Å². The van der Waals surface area contributed by atoms with Crippen LogP contribution in [0.1, 0.15) is 30.9 Å². The predicted octanol–water partition coefficient (Wildman–Crippen LogP) is 2.36. The van der Waals surface area contributed by atoms with Gasteiger partial charge in [0.15, 0.2) is 0 Å². The molecule has 2 unspecified atom stereocenters. The van der Waals surface area contributed by atoms with E-state index in [1.165, 1.54) is 5.56 Å². The fourth-order valence-electron chi connectivity index (χ4n) is 2.24. The molecule has 1 aliphatic rings. The first-order valence-electron chi connectivity index (χ1n) is 6.86. The number of ether oxygens (including phenoxy) is 1. The largest absolute Gasteiger partial charge is 0.376 e. The van der Waals surface area contributed by atoms with E-state index in [2.05, 4.69) is 10.6 Å². The summed E-state index contributed by atoms with van der Waals surface area (Å²) < 4.78 is 5.55. The van der Waals surface area contributed by atoms with Crippen molar-refractivity contribution in [3.05, 3.63) is 35.4 Å². The third-order valence-corrected chi connectivity index (χ3v) is 3.46. The van der Waals surface area contributed by atoms with Crippen LogP contribution in [0.25, 0.3) is 0 Å². The SMILES string of the molecule is Cc1ccc(CNC(=O)NC(C)C2CCCO2)cc1. The van der Waals surface area contributed by atoms with E-state index in [9.17, 15) is 4.79 Å². The van der Waals surface area contributed by atoms with Crippen LogP contribution in [-0.4, -0.2) is 24.8 Å². The maximum Gasteiger partial charge on any atom is 0.315 e. The Hall–Kier alpha value is -1.55. The van der Waals surface area contributed by atoms with Crippen LogP contribution < -0.4 is 10.6 Å². The number of carbonyl (C=O) groups is 1. The zero-order chi connectivity index (χ0) is 13.7. The van der Waals surface area contributed by atoms with Crippen molar-refractivity contribution in [3.63, 3.8) is 0 Å². The molecular weight excluding hydrogens is 240 g/mol. The Balaban J connectivity index is 1.73. The molecule has 2 N–H and O–H groups in total. The van der Waals surface area contributed by atoms with Gasteiger partial charge in [-0.05, 0) is 32.3 Å². The summed E-state index contributed by atoms with van der Waals surface area (Å²) in [6, 6.07) is 8.07. The van der Waals surface area contributed by atoms with Crippen molar-refractivity contribution < 1.29 is 9.53 Å². The van der Waals surface area contributed by atoms with Gasteiger partial charge in [-0.1, -0.05) is 29.8 Å². The molecule has 19 heavy (non-hydrogen) atoms. The molecule has 1 aromatic rings. The molecule has 0 aliphatic carbocycles. The van der Waals surface area contributed by atoms with Crippen molar-refractivity contribution in [3.8, 4) is 0 Å². The highest BCUT2D eigenvalue weighted by molar-refractivity contribution is 5.74. The highest BCUT2D eigenvalue weighted by atomic mass is 16.5. The molecule has 1 saturated heterocycles. The lowest BCUT2D eigenvalue weighted by Crippen LogP contribution is -2.45. The Morgan fingerprint density at radius 3 is 2.79 bits per heavy atom. The minimum Gasteiger partial charge on any atom is -0.376 e. The lowest BCUT2D eigenvalue weighted by molar-refractivity contribution is 0.0860. The minimum absolute atomic E-state index is 0.0560. The third-order valence-electron chi connectivity index (χ3n) is 3.46. The molecule has 1 aliphatic heterocycles. The van der Waals surface area contributed by atoms with Crippen LogP contribution in [0.3, 0.4) is 0 Å². The molecule has 4 nitrogen and oxygen atoms in total. The average molecular weight is 262 g/mol. The van der Waals surface area contributed by atoms with E-state index in [4.69, 9.17) is 4.74 Å². The maximum absolute atomic E-state index is 11.8. The van der Waals surface area contributed by atoms with E-state index in [0.29, 0.717) is 6.54 Å². The van der Waals surface area contributed by atoms with E-state index < -0.39 is 0 Å². The molecule has 1 heterocycles. The van der Waals surface area contributed by atoms with Gasteiger partial charge in [-0.25, -0.2) is 4.79 Å². The number of urea groups is 1. The highest BCUT2D eigenvalue weighted by Crippen LogP contribution is 2.15. The number of carbonyl (C=O) groups excluding carboxylic acids is 1. The van der Waals surface area contributed by atoms with Crippen molar-refractivity contribution in [1.29, 1.82) is 0 Å². The standard InChI is InChI=1S/C15H22N2O2/c1-11-5-7-13(8-6-11)10-16-15(18)17-12(2)14-4-3-9-19-14/h5-8,12,14H,3-4,9-10H2,1-2H3,(H2,16,17,18). The minimum atomic E-state index is -0.136. The molecule has 1 aromatic carbocycles. The first-order valence-corrected chi connectivity index (χ1v) is 6.86. The summed E-state index contributed by atoms with van der Waals surface area (Å²) in [5.41, 5.74) is 2.32. The molecule has 0 aromatic heterocycles. The van der Waals surface area contributed by atoms with Crippen LogP contribution >= 0.6 is 0 Å². The average Bonchev–Trinajstić information content (AvgIpc) is 2.92. The number of hydrogen-bond donors (Lipinski definition) is 2. The van der Waals surface area contributed by atoms with Crippen LogP contribution in [0, 0.1) is 6.92 Å². The number of amides is 2. The molecule has 104 valence electrons. The predicted molar refractivity (Wildman–Crippen MR) is 75.0 cm³/mol. The zero-order valence-electron chi connectivity index (χ0n) is 11.6. The number of benzene rings is 1. The third kappa shape index (κ3) is 4.24. The van der Waals surface area contributed by atoms with E-state index in [0.717, 1.165) is 25.0 Å². The molecular formula is C15H22N2O2. The van der Waals surface area contributed by atoms with Crippen LogP contribution in [0.5, 0.6) is 0 Å². The summed E-state index contributed by atoms with van der Waals surface area (Å²) >= 11 is 0. The summed E-state index contributed by atoms with van der Waals surface area (Å²) in [5, 5.41) is 5.80. The molecule has 0 bridgehead atoms. The van der Waals surface area contributed by atoms with Crippen molar-refractivity contribution in [2.75, 3.05) is 6.61 Å². The molecule has 0 radical (unpaired) electrons. The number of rotatable bonds is 4. The molecule has 4 heteroatoms. The van der Waals surface area contributed by atoms with Gasteiger partial charge >= 0.3 is 6.03 Å². The quantitative estimate of drug-likeness (QED) is 0.875. The summed E-state index contributed by atoms with van der Waals surface area (Å²) in [5.74, 6) is 0. The monoisotopic (exact) mass is 262 g/mol. The van der Waals surface area contributed by atoms with Crippen LogP contribution in [0.2, 0.25) is 0 Å². The fraction of sp³-hybridized carbons (Fsp3) is 0.533. The Morgan fingerprint density at radius 1 is 1.42 bits per heavy atom. The van der Waals surface area contributed by atoms with Crippen molar-refractivity contribution in [1.82, 2.24) is 10.6 Å². The van der Waals surface area contributed by atoms with E-state index in [1.807, 2.05) is 38.1 Å². The second-order valence-corrected chi connectivity index (χ2v) is 5.15. The van der Waals surface area contributed by atoms with Gasteiger partial charge in [0.25, 0.3) is 0 Å². The Morgan fingerprint density at radius 2 is 2.16 bits per heavy atom. The number of aryl methyl sites for hydroxylation is 1. The molecule has 0 saturated carbocycles. The Kier molecular flexibility index (Phi) is 4.80. The maximum atomic E-state index is 11.8. The van der Waals surface area contributed by atoms with Gasteiger partial charge in [-0.2, -0.15) is 0 Å². The first-order chi connectivity index (χ1) is 9.15. The highest BCUT2D eigenvalue weighted by Gasteiger charge is 2.23. The fourth-order valence-corrected chi connectivity index (χ4v) is 2.24. The van der Waals surface area contributed by atoms with Gasteiger partial charge in [0, 0.05) is 13.2 Å². The van der Waals surface area contributed by atoms with Gasteiger partial charge in [-0.15, -0.1) is 0 Å². The molecule has 2 rings (SSSR count). The van der Waals surface area contributed by atoms with Gasteiger partial charge < -0.3 is 15.4 Å². The summed E-state index contributed by atoms with van der Waals surface area (Å²) in [6.45, 7) is 5.39. The summed E-state index contributed by atoms with van der Waals surface area (Å²) in [6.07, 6.45) is 2.27. The zero-order valence-corrected chi connectivity index (χ0v) is 11.6. The molecule has 2 atom stereocenters. The van der Waals surface area contributed by atoms with Crippen molar-refractivity contribution >= 4 is 6.03 Å². The van der Waals surface area contributed by atoms with Gasteiger partial charge in [0.1, 0.15) is 0 Å². The van der Waals surface area contributed by atoms with E-state index >= 15 is 0 Å². The number of hydrogen-bond acceptors (Lipinski definition) is 2. The second-order valence-electron chi connectivity index (χ2n) is 5.15. The van der Waals surface area contributed by atoms with Crippen LogP contribution in [-0.2, 0) is 11.3 Å². The van der Waals surface area contributed by atoms with Gasteiger partial charge in [0.2, 0.25) is 0 Å². The normalized spacial score (nSPS) is 20.0. The Bertz CT molecular complexity index is 411. The smallest absolute Gasteiger partial charge is 0.315 e. The molecule has 0 spiro atoms. The lowest BCUT2D eigenvalue weighted by Gasteiger charge is -2.20. The number of nitrogens with one attached hydrogen (secondary N) is 2. The van der Waals surface area contributed by atoms with E-state index in [1.54, 1.807) is 0 Å². The van der Waals surface area contributed by atoms with Crippen LogP contribution in [0.15, 0.2) is 24.3 Å². The van der Waals surface area contributed by atoms with Gasteiger partial charge in [-0.3, -0.25) is 0 Å². The van der Waals surface area contributed by atoms with Crippen molar-refractivity contribution in [2.24, 2.45) is 0 Å². The van der Waals surface area contributed by atoms with Crippen molar-refractivity contribution in [2.45, 2.75) is 45.4 Å². The molecule has 1 fully saturated rings. The summed E-state index contributed by atoms with van der Waals surface area (Å²) in [7, 11) is 0. The molecule has 2 amide bonds. The topological polar surface area (TPSA) is 50.4 Å². The van der Waals surface area contributed by atoms with Gasteiger partial charge in [0.05, 0.1) is 12.1 Å². The Labute approximate surface area is 114 Å². The van der Waals surface area contributed by atoms with Crippen LogP contribution in [0.4, 0.5) is 4.79 Å². The first kappa shape index (κ1) is 13.9.